The van der Waals surface area contributed by atoms with Gasteiger partial charge in [0.2, 0.25) is 5.91 Å². The quantitative estimate of drug-likeness (QED) is 0.750. The molecular weight excluding hydrogens is 282 g/mol. The van der Waals surface area contributed by atoms with E-state index in [1.165, 1.54) is 0 Å². The summed E-state index contributed by atoms with van der Waals surface area (Å²) in [6, 6.07) is 5.69. The van der Waals surface area contributed by atoms with E-state index in [-0.39, 0.29) is 17.9 Å². The number of carbonyl (C=O) groups excluding carboxylic acids is 1. The van der Waals surface area contributed by atoms with Crippen LogP contribution in [0.3, 0.4) is 0 Å². The molecule has 1 amide bonds. The number of carbonyl (C=O) groups is 1. The van der Waals surface area contributed by atoms with E-state index in [9.17, 15) is 4.79 Å². The van der Waals surface area contributed by atoms with Crippen LogP contribution in [0, 0.1) is 5.92 Å². The van der Waals surface area contributed by atoms with Crippen LogP contribution in [0.4, 0.5) is 0 Å². The molecule has 1 atom stereocenters. The molecule has 0 unspecified atom stereocenters. The predicted octanol–water partition coefficient (Wildman–Crippen LogP) is 2.70. The van der Waals surface area contributed by atoms with Gasteiger partial charge < -0.3 is 19.5 Å². The Bertz CT molecular complexity index is 499. The summed E-state index contributed by atoms with van der Waals surface area (Å²) in [6.07, 6.45) is 3.18. The van der Waals surface area contributed by atoms with Crippen molar-refractivity contribution in [3.05, 3.63) is 23.8 Å². The van der Waals surface area contributed by atoms with E-state index in [0.29, 0.717) is 24.7 Å². The molecule has 22 heavy (non-hydrogen) atoms. The molecule has 0 aliphatic heterocycles. The molecule has 1 aromatic rings. The number of rotatable bonds is 8. The maximum absolute atomic E-state index is 12.0. The molecule has 1 aliphatic rings. The maximum Gasteiger partial charge on any atom is 0.223 e. The summed E-state index contributed by atoms with van der Waals surface area (Å²) in [6.45, 7) is 2.98. The summed E-state index contributed by atoms with van der Waals surface area (Å²) in [5.74, 6) is 1.69. The summed E-state index contributed by atoms with van der Waals surface area (Å²) in [4.78, 5) is 12.0. The first-order valence-electron chi connectivity index (χ1n) is 7.75. The number of hydrogen-bond acceptors (Lipinski definition) is 4. The fourth-order valence-electron chi connectivity index (χ4n) is 2.39. The van der Waals surface area contributed by atoms with Crippen LogP contribution in [0.25, 0.3) is 0 Å². The third-order valence-corrected chi connectivity index (χ3v) is 4.07. The molecule has 1 N–H and O–H groups in total. The van der Waals surface area contributed by atoms with Crippen LogP contribution in [0.2, 0.25) is 0 Å². The zero-order valence-corrected chi connectivity index (χ0v) is 13.6. The smallest absolute Gasteiger partial charge is 0.223 e. The van der Waals surface area contributed by atoms with Crippen molar-refractivity contribution in [2.45, 2.75) is 32.2 Å². The van der Waals surface area contributed by atoms with Crippen molar-refractivity contribution in [1.29, 1.82) is 0 Å². The summed E-state index contributed by atoms with van der Waals surface area (Å²) < 4.78 is 16.0. The molecule has 0 bridgehead atoms. The molecule has 0 heterocycles. The Morgan fingerprint density at radius 2 is 2.05 bits per heavy atom. The van der Waals surface area contributed by atoms with E-state index >= 15 is 0 Å². The van der Waals surface area contributed by atoms with Gasteiger partial charge in [-0.05, 0) is 37.5 Å². The molecule has 2 rings (SSSR count). The van der Waals surface area contributed by atoms with Crippen LogP contribution in [0.5, 0.6) is 11.5 Å². The average molecular weight is 307 g/mol. The number of amides is 1. The highest BCUT2D eigenvalue weighted by Gasteiger charge is 2.26. The van der Waals surface area contributed by atoms with Crippen LogP contribution < -0.4 is 14.8 Å². The van der Waals surface area contributed by atoms with Crippen molar-refractivity contribution in [2.24, 2.45) is 5.92 Å². The van der Waals surface area contributed by atoms with E-state index in [0.717, 1.165) is 24.8 Å². The first-order valence-corrected chi connectivity index (χ1v) is 7.75. The lowest BCUT2D eigenvalue weighted by molar-refractivity contribution is -0.128. The molecule has 1 aliphatic carbocycles. The minimum atomic E-state index is -0.0463. The highest BCUT2D eigenvalue weighted by atomic mass is 16.5. The zero-order valence-electron chi connectivity index (χ0n) is 13.6. The van der Waals surface area contributed by atoms with Gasteiger partial charge in [0, 0.05) is 13.0 Å². The Morgan fingerprint density at radius 3 is 2.64 bits per heavy atom. The molecule has 0 saturated heterocycles. The second-order valence-electron chi connectivity index (χ2n) is 5.61. The Labute approximate surface area is 131 Å². The summed E-state index contributed by atoms with van der Waals surface area (Å²) in [7, 11) is 3.25. The minimum absolute atomic E-state index is 0.0463. The Hall–Kier alpha value is -1.75. The van der Waals surface area contributed by atoms with Crippen molar-refractivity contribution in [3.8, 4) is 11.5 Å². The van der Waals surface area contributed by atoms with Gasteiger partial charge in [-0.2, -0.15) is 0 Å². The van der Waals surface area contributed by atoms with Crippen molar-refractivity contribution in [2.75, 3.05) is 27.4 Å². The molecule has 0 spiro atoms. The minimum Gasteiger partial charge on any atom is -0.493 e. The largest absolute Gasteiger partial charge is 0.493 e. The maximum atomic E-state index is 12.0. The number of benzene rings is 1. The topological polar surface area (TPSA) is 56.8 Å². The SMILES string of the molecule is COCCOc1ccc([C@H](C)NC(=O)C2CCC2)cc1OC. The van der Waals surface area contributed by atoms with Crippen molar-refractivity contribution in [3.63, 3.8) is 0 Å². The van der Waals surface area contributed by atoms with E-state index in [1.807, 2.05) is 25.1 Å². The Kier molecular flexibility index (Phi) is 6.07. The molecule has 1 aromatic carbocycles. The lowest BCUT2D eigenvalue weighted by Gasteiger charge is -2.26. The third-order valence-electron chi connectivity index (χ3n) is 4.07. The summed E-state index contributed by atoms with van der Waals surface area (Å²) in [5.41, 5.74) is 1.00. The summed E-state index contributed by atoms with van der Waals surface area (Å²) >= 11 is 0. The highest BCUT2D eigenvalue weighted by molar-refractivity contribution is 5.79. The molecule has 1 saturated carbocycles. The standard InChI is InChI=1S/C17H25NO4/c1-12(18-17(19)13-5-4-6-13)14-7-8-15(16(11-14)21-3)22-10-9-20-2/h7-8,11-13H,4-6,9-10H2,1-3H3,(H,18,19)/t12-/m0/s1. The third kappa shape index (κ3) is 4.13. The Balaban J connectivity index is 1.99. The first kappa shape index (κ1) is 16.6. The van der Waals surface area contributed by atoms with Crippen molar-refractivity contribution < 1.29 is 19.0 Å². The second-order valence-corrected chi connectivity index (χ2v) is 5.61. The molecule has 0 radical (unpaired) electrons. The normalized spacial score (nSPS) is 15.8. The van der Waals surface area contributed by atoms with Gasteiger partial charge in [0.25, 0.3) is 0 Å². The van der Waals surface area contributed by atoms with Gasteiger partial charge in [-0.15, -0.1) is 0 Å². The van der Waals surface area contributed by atoms with E-state index < -0.39 is 0 Å². The van der Waals surface area contributed by atoms with Gasteiger partial charge in [0.15, 0.2) is 11.5 Å². The molecule has 122 valence electrons. The van der Waals surface area contributed by atoms with Crippen LogP contribution in [-0.4, -0.2) is 33.3 Å². The molecule has 5 heteroatoms. The van der Waals surface area contributed by atoms with Gasteiger partial charge in [-0.1, -0.05) is 12.5 Å². The fourth-order valence-corrected chi connectivity index (χ4v) is 2.39. The van der Waals surface area contributed by atoms with E-state index in [2.05, 4.69) is 5.32 Å². The average Bonchev–Trinajstić information content (AvgIpc) is 2.45. The van der Waals surface area contributed by atoms with Crippen LogP contribution in [-0.2, 0) is 9.53 Å². The zero-order chi connectivity index (χ0) is 15.9. The van der Waals surface area contributed by atoms with E-state index in [1.54, 1.807) is 14.2 Å². The Morgan fingerprint density at radius 1 is 1.27 bits per heavy atom. The summed E-state index contributed by atoms with van der Waals surface area (Å²) in [5, 5.41) is 3.07. The van der Waals surface area contributed by atoms with Gasteiger partial charge in [0.05, 0.1) is 19.8 Å². The van der Waals surface area contributed by atoms with Crippen LogP contribution in [0.1, 0.15) is 37.8 Å². The van der Waals surface area contributed by atoms with E-state index in [4.69, 9.17) is 14.2 Å². The number of hydrogen-bond donors (Lipinski definition) is 1. The second kappa shape index (κ2) is 8.03. The monoisotopic (exact) mass is 307 g/mol. The fraction of sp³-hybridized carbons (Fsp3) is 0.588. The predicted molar refractivity (Wildman–Crippen MR) is 84.3 cm³/mol. The molecule has 1 fully saturated rings. The van der Waals surface area contributed by atoms with Crippen LogP contribution in [0.15, 0.2) is 18.2 Å². The van der Waals surface area contributed by atoms with Crippen LogP contribution >= 0.6 is 0 Å². The number of ether oxygens (including phenoxy) is 3. The number of nitrogens with one attached hydrogen (secondary N) is 1. The first-order chi connectivity index (χ1) is 10.7. The van der Waals surface area contributed by atoms with Gasteiger partial charge in [0.1, 0.15) is 6.61 Å². The molecule has 0 aromatic heterocycles. The van der Waals surface area contributed by atoms with Gasteiger partial charge in [-0.25, -0.2) is 0 Å². The van der Waals surface area contributed by atoms with Crippen molar-refractivity contribution >= 4 is 5.91 Å². The number of methoxy groups -OCH3 is 2. The van der Waals surface area contributed by atoms with Gasteiger partial charge in [-0.3, -0.25) is 4.79 Å². The lowest BCUT2D eigenvalue weighted by Crippen LogP contribution is -2.35. The molecule has 5 nitrogen and oxygen atoms in total. The highest BCUT2D eigenvalue weighted by Crippen LogP contribution is 2.31. The lowest BCUT2D eigenvalue weighted by atomic mass is 9.84. The molecular formula is C17H25NO4. The van der Waals surface area contributed by atoms with Crippen molar-refractivity contribution in [1.82, 2.24) is 5.32 Å². The van der Waals surface area contributed by atoms with Gasteiger partial charge >= 0.3 is 0 Å².